The van der Waals surface area contributed by atoms with Crippen molar-refractivity contribution in [3.8, 4) is 0 Å². The van der Waals surface area contributed by atoms with Gasteiger partial charge in [0.1, 0.15) is 0 Å². The van der Waals surface area contributed by atoms with Gasteiger partial charge in [-0.1, -0.05) is 0 Å². The molecule has 2 amide bonds. The fraction of sp³-hybridized carbons (Fsp3) is 0.833. The summed E-state index contributed by atoms with van der Waals surface area (Å²) < 4.78 is 5.20. The number of hydrogen-bond acceptors (Lipinski definition) is 4. The largest absolute Gasteiger partial charge is 0.381 e. The number of amides is 2. The summed E-state index contributed by atoms with van der Waals surface area (Å²) >= 11 is 0. The summed E-state index contributed by atoms with van der Waals surface area (Å²) in [5.74, 6) is -0.00641. The predicted molar refractivity (Wildman–Crippen MR) is 66.0 cm³/mol. The zero-order valence-electron chi connectivity index (χ0n) is 10.9. The molecule has 0 saturated carbocycles. The van der Waals surface area contributed by atoms with Crippen LogP contribution in [-0.4, -0.2) is 74.6 Å². The molecule has 0 aromatic rings. The van der Waals surface area contributed by atoms with Crippen LogP contribution in [0.3, 0.4) is 0 Å². The highest BCUT2D eigenvalue weighted by molar-refractivity contribution is 5.86. The van der Waals surface area contributed by atoms with E-state index in [1.165, 1.54) is 4.90 Å². The summed E-state index contributed by atoms with van der Waals surface area (Å²) in [6, 6.07) is 0. The molecule has 0 aliphatic carbocycles. The van der Waals surface area contributed by atoms with E-state index in [0.717, 1.165) is 32.6 Å². The number of carbonyl (C=O) groups is 2. The van der Waals surface area contributed by atoms with Gasteiger partial charge in [-0.15, -0.1) is 0 Å². The van der Waals surface area contributed by atoms with Crippen LogP contribution in [0.25, 0.3) is 0 Å². The van der Waals surface area contributed by atoms with E-state index in [1.807, 2.05) is 4.90 Å². The number of piperazine rings is 1. The van der Waals surface area contributed by atoms with Crippen molar-refractivity contribution >= 4 is 11.8 Å². The van der Waals surface area contributed by atoms with E-state index >= 15 is 0 Å². The van der Waals surface area contributed by atoms with E-state index in [-0.39, 0.29) is 24.3 Å². The molecule has 6 nitrogen and oxygen atoms in total. The van der Waals surface area contributed by atoms with Gasteiger partial charge < -0.3 is 19.9 Å². The highest BCUT2D eigenvalue weighted by atomic mass is 16.5. The van der Waals surface area contributed by atoms with Crippen molar-refractivity contribution in [1.29, 1.82) is 0 Å². The Morgan fingerprint density at radius 3 is 2.72 bits per heavy atom. The van der Waals surface area contributed by atoms with Crippen molar-refractivity contribution in [3.63, 3.8) is 0 Å². The molecule has 2 aliphatic heterocycles. The summed E-state index contributed by atoms with van der Waals surface area (Å²) in [5.41, 5.74) is 0. The maximum atomic E-state index is 12.0. The van der Waals surface area contributed by atoms with Crippen molar-refractivity contribution < 1.29 is 14.3 Å². The SMILES string of the molecule is CN(CC(=O)N1CCNCC1)C(=O)C1CCOC1. The Kier molecular flexibility index (Phi) is 4.54. The van der Waals surface area contributed by atoms with E-state index < -0.39 is 0 Å². The lowest BCUT2D eigenvalue weighted by Crippen LogP contribution is -2.50. The third-order valence-corrected chi connectivity index (χ3v) is 3.50. The van der Waals surface area contributed by atoms with Gasteiger partial charge in [-0.25, -0.2) is 0 Å². The van der Waals surface area contributed by atoms with Crippen molar-refractivity contribution in [1.82, 2.24) is 15.1 Å². The van der Waals surface area contributed by atoms with Crippen LogP contribution in [-0.2, 0) is 14.3 Å². The van der Waals surface area contributed by atoms with Crippen molar-refractivity contribution in [3.05, 3.63) is 0 Å². The molecule has 6 heteroatoms. The van der Waals surface area contributed by atoms with Gasteiger partial charge in [0.05, 0.1) is 19.1 Å². The maximum absolute atomic E-state index is 12.0. The Balaban J connectivity index is 1.80. The first-order valence-electron chi connectivity index (χ1n) is 6.49. The van der Waals surface area contributed by atoms with Crippen molar-refractivity contribution in [2.75, 3.05) is 53.0 Å². The second-order valence-corrected chi connectivity index (χ2v) is 4.89. The number of ether oxygens (including phenoxy) is 1. The number of likely N-dealkylation sites (N-methyl/N-ethyl adjacent to an activating group) is 1. The van der Waals surface area contributed by atoms with Gasteiger partial charge >= 0.3 is 0 Å². The molecule has 2 aliphatic rings. The average molecular weight is 255 g/mol. The summed E-state index contributed by atoms with van der Waals surface area (Å²) in [6.45, 7) is 4.44. The highest BCUT2D eigenvalue weighted by Crippen LogP contribution is 2.14. The first-order valence-corrected chi connectivity index (χ1v) is 6.49. The molecule has 2 fully saturated rings. The number of nitrogens with one attached hydrogen (secondary N) is 1. The Bertz CT molecular complexity index is 310. The van der Waals surface area contributed by atoms with Crippen LogP contribution in [0.15, 0.2) is 0 Å². The topological polar surface area (TPSA) is 61.9 Å². The molecule has 0 spiro atoms. The monoisotopic (exact) mass is 255 g/mol. The molecule has 1 atom stereocenters. The van der Waals surface area contributed by atoms with Gasteiger partial charge in [0, 0.05) is 39.8 Å². The predicted octanol–water partition coefficient (Wildman–Crippen LogP) is -1.09. The molecule has 2 heterocycles. The molecule has 18 heavy (non-hydrogen) atoms. The normalized spacial score (nSPS) is 24.1. The average Bonchev–Trinajstić information content (AvgIpc) is 2.92. The number of carbonyl (C=O) groups excluding carboxylic acids is 2. The molecule has 1 N–H and O–H groups in total. The standard InChI is InChI=1S/C12H21N3O3/c1-14(12(17)10-2-7-18-9-10)8-11(16)15-5-3-13-4-6-15/h10,13H,2-9H2,1H3. The Morgan fingerprint density at radius 1 is 1.39 bits per heavy atom. The number of rotatable bonds is 3. The molecule has 0 radical (unpaired) electrons. The van der Waals surface area contributed by atoms with Crippen LogP contribution in [0.2, 0.25) is 0 Å². The van der Waals surface area contributed by atoms with E-state index in [0.29, 0.717) is 13.2 Å². The molecule has 2 saturated heterocycles. The van der Waals surface area contributed by atoms with E-state index in [1.54, 1.807) is 7.05 Å². The van der Waals surface area contributed by atoms with Gasteiger partial charge in [-0.05, 0) is 6.42 Å². The fourth-order valence-electron chi connectivity index (χ4n) is 2.34. The highest BCUT2D eigenvalue weighted by Gasteiger charge is 2.28. The lowest BCUT2D eigenvalue weighted by molar-refractivity contribution is -0.142. The molecular weight excluding hydrogens is 234 g/mol. The van der Waals surface area contributed by atoms with E-state index in [4.69, 9.17) is 4.74 Å². The van der Waals surface area contributed by atoms with Gasteiger partial charge in [0.2, 0.25) is 11.8 Å². The molecule has 102 valence electrons. The van der Waals surface area contributed by atoms with Crippen LogP contribution < -0.4 is 5.32 Å². The lowest BCUT2D eigenvalue weighted by atomic mass is 10.1. The first kappa shape index (κ1) is 13.3. The van der Waals surface area contributed by atoms with Crippen molar-refractivity contribution in [2.45, 2.75) is 6.42 Å². The zero-order valence-corrected chi connectivity index (χ0v) is 10.9. The minimum atomic E-state index is -0.0641. The molecule has 1 unspecified atom stereocenters. The van der Waals surface area contributed by atoms with Crippen LogP contribution in [0, 0.1) is 5.92 Å². The molecule has 0 bridgehead atoms. The molecular formula is C12H21N3O3. The molecule has 0 aromatic heterocycles. The molecule has 0 aromatic carbocycles. The number of hydrogen-bond donors (Lipinski definition) is 1. The van der Waals surface area contributed by atoms with Crippen LogP contribution in [0.5, 0.6) is 0 Å². The van der Waals surface area contributed by atoms with Gasteiger partial charge in [-0.2, -0.15) is 0 Å². The van der Waals surface area contributed by atoms with Gasteiger partial charge in [0.15, 0.2) is 0 Å². The Hall–Kier alpha value is -1.14. The van der Waals surface area contributed by atoms with Gasteiger partial charge in [0.25, 0.3) is 0 Å². The minimum Gasteiger partial charge on any atom is -0.381 e. The van der Waals surface area contributed by atoms with Crippen LogP contribution in [0.1, 0.15) is 6.42 Å². The quantitative estimate of drug-likeness (QED) is 0.696. The summed E-state index contributed by atoms with van der Waals surface area (Å²) in [5, 5.41) is 3.20. The van der Waals surface area contributed by atoms with Crippen LogP contribution in [0.4, 0.5) is 0 Å². The summed E-state index contributed by atoms with van der Waals surface area (Å²) in [4.78, 5) is 27.4. The third kappa shape index (κ3) is 3.20. The number of nitrogens with zero attached hydrogens (tertiary/aromatic N) is 2. The zero-order chi connectivity index (χ0) is 13.0. The third-order valence-electron chi connectivity index (χ3n) is 3.50. The Morgan fingerprint density at radius 2 is 2.11 bits per heavy atom. The second-order valence-electron chi connectivity index (χ2n) is 4.89. The van der Waals surface area contributed by atoms with E-state index in [9.17, 15) is 9.59 Å². The smallest absolute Gasteiger partial charge is 0.242 e. The minimum absolute atomic E-state index is 0.0241. The summed E-state index contributed by atoms with van der Waals surface area (Å²) in [7, 11) is 1.70. The second kappa shape index (κ2) is 6.15. The van der Waals surface area contributed by atoms with Crippen LogP contribution >= 0.6 is 0 Å². The van der Waals surface area contributed by atoms with Gasteiger partial charge in [-0.3, -0.25) is 9.59 Å². The summed E-state index contributed by atoms with van der Waals surface area (Å²) in [6.07, 6.45) is 0.769. The fourth-order valence-corrected chi connectivity index (χ4v) is 2.34. The van der Waals surface area contributed by atoms with E-state index in [2.05, 4.69) is 5.32 Å². The lowest BCUT2D eigenvalue weighted by Gasteiger charge is -2.29. The molecule has 2 rings (SSSR count). The Labute approximate surface area is 107 Å². The van der Waals surface area contributed by atoms with Crippen molar-refractivity contribution in [2.24, 2.45) is 5.92 Å². The maximum Gasteiger partial charge on any atom is 0.242 e. The first-order chi connectivity index (χ1) is 8.68.